The molecule has 122 valence electrons. The molecule has 1 heterocycles. The molecule has 0 aliphatic carbocycles. The van der Waals surface area contributed by atoms with Crippen LogP contribution in [0.25, 0.3) is 0 Å². The van der Waals surface area contributed by atoms with Gasteiger partial charge in [0.25, 0.3) is 5.91 Å². The van der Waals surface area contributed by atoms with Crippen LogP contribution in [0.3, 0.4) is 0 Å². The molecule has 4 nitrogen and oxygen atoms in total. The van der Waals surface area contributed by atoms with Crippen molar-refractivity contribution in [1.82, 2.24) is 0 Å². The Bertz CT molecular complexity index is 791. The van der Waals surface area contributed by atoms with Crippen molar-refractivity contribution in [1.29, 1.82) is 0 Å². The molecule has 0 saturated carbocycles. The van der Waals surface area contributed by atoms with E-state index < -0.39 is 0 Å². The number of amides is 1. The fourth-order valence-corrected chi connectivity index (χ4v) is 2.27. The lowest BCUT2D eigenvalue weighted by molar-refractivity contribution is 0.0992. The Morgan fingerprint density at radius 2 is 1.75 bits per heavy atom. The number of aryl methyl sites for hydroxylation is 1. The van der Waals surface area contributed by atoms with Gasteiger partial charge in [0.2, 0.25) is 0 Å². The van der Waals surface area contributed by atoms with Crippen LogP contribution in [0.15, 0.2) is 71.1 Å². The molecule has 0 radical (unpaired) electrons. The molecule has 0 atom stereocenters. The molecule has 4 heteroatoms. The number of furan rings is 1. The summed E-state index contributed by atoms with van der Waals surface area (Å²) < 4.78 is 11.2. The fourth-order valence-electron chi connectivity index (χ4n) is 2.27. The van der Waals surface area contributed by atoms with Gasteiger partial charge in [0.1, 0.15) is 18.1 Å². The second kappa shape index (κ2) is 7.51. The number of carbonyl (C=O) groups excluding carboxylic acids is 1. The molecule has 0 saturated heterocycles. The summed E-state index contributed by atoms with van der Waals surface area (Å²) in [6.07, 6.45) is 0.969. The van der Waals surface area contributed by atoms with Crippen LogP contribution >= 0.6 is 0 Å². The van der Waals surface area contributed by atoms with Crippen LogP contribution in [-0.4, -0.2) is 5.91 Å². The highest BCUT2D eigenvalue weighted by molar-refractivity contribution is 6.02. The molecule has 0 aliphatic heterocycles. The van der Waals surface area contributed by atoms with Crippen LogP contribution < -0.4 is 10.1 Å². The third-order valence-electron chi connectivity index (χ3n) is 3.63. The first-order chi connectivity index (χ1) is 11.7. The number of hydrogen-bond donors (Lipinski definition) is 1. The second-order valence-electron chi connectivity index (χ2n) is 5.37. The van der Waals surface area contributed by atoms with Crippen molar-refractivity contribution in [2.45, 2.75) is 20.0 Å². The highest BCUT2D eigenvalue weighted by Crippen LogP contribution is 2.16. The largest absolute Gasteiger partial charge is 0.486 e. The van der Waals surface area contributed by atoms with Gasteiger partial charge in [-0.1, -0.05) is 37.3 Å². The van der Waals surface area contributed by atoms with Crippen LogP contribution in [0, 0.1) is 0 Å². The van der Waals surface area contributed by atoms with Crippen molar-refractivity contribution in [3.05, 3.63) is 83.8 Å². The lowest BCUT2D eigenvalue weighted by Crippen LogP contribution is -2.10. The zero-order valence-electron chi connectivity index (χ0n) is 13.5. The minimum Gasteiger partial charge on any atom is -0.486 e. The molecule has 0 spiro atoms. The maximum absolute atomic E-state index is 12.2. The molecule has 0 bridgehead atoms. The Hall–Kier alpha value is -3.01. The second-order valence-corrected chi connectivity index (χ2v) is 5.37. The summed E-state index contributed by atoms with van der Waals surface area (Å²) in [4.78, 5) is 12.2. The predicted molar refractivity (Wildman–Crippen MR) is 93.3 cm³/mol. The number of anilines is 1. The highest BCUT2D eigenvalue weighted by atomic mass is 16.5. The summed E-state index contributed by atoms with van der Waals surface area (Å²) in [7, 11) is 0. The highest BCUT2D eigenvalue weighted by Gasteiger charge is 2.12. The smallest absolute Gasteiger partial charge is 0.291 e. The molecular formula is C20H19NO3. The molecule has 0 unspecified atom stereocenters. The summed E-state index contributed by atoms with van der Waals surface area (Å²) in [5, 5.41) is 2.82. The molecule has 1 N–H and O–H groups in total. The number of rotatable bonds is 6. The number of nitrogens with one attached hydrogen (secondary N) is 1. The first-order valence-electron chi connectivity index (χ1n) is 7.91. The van der Waals surface area contributed by atoms with E-state index >= 15 is 0 Å². The number of hydrogen-bond acceptors (Lipinski definition) is 3. The summed E-state index contributed by atoms with van der Waals surface area (Å²) >= 11 is 0. The van der Waals surface area contributed by atoms with Gasteiger partial charge in [0, 0.05) is 5.69 Å². The van der Waals surface area contributed by atoms with Crippen molar-refractivity contribution in [3.8, 4) is 5.75 Å². The zero-order valence-corrected chi connectivity index (χ0v) is 13.5. The van der Waals surface area contributed by atoms with E-state index in [9.17, 15) is 4.79 Å². The molecule has 0 fully saturated rings. The van der Waals surface area contributed by atoms with E-state index in [1.807, 2.05) is 54.6 Å². The Labute approximate surface area is 141 Å². The molecule has 2 aromatic carbocycles. The molecule has 1 amide bonds. The van der Waals surface area contributed by atoms with Crippen LogP contribution in [-0.2, 0) is 13.0 Å². The third kappa shape index (κ3) is 4.04. The van der Waals surface area contributed by atoms with Gasteiger partial charge in [-0.3, -0.25) is 4.79 Å². The molecular weight excluding hydrogens is 302 g/mol. The lowest BCUT2D eigenvalue weighted by Gasteiger charge is -2.05. The van der Waals surface area contributed by atoms with Crippen LogP contribution in [0.4, 0.5) is 5.69 Å². The zero-order chi connectivity index (χ0) is 16.8. The normalized spacial score (nSPS) is 10.4. The fraction of sp³-hybridized carbons (Fsp3) is 0.150. The van der Waals surface area contributed by atoms with Gasteiger partial charge in [0.05, 0.1) is 0 Å². The van der Waals surface area contributed by atoms with Crippen LogP contribution in [0.1, 0.15) is 28.8 Å². The quantitative estimate of drug-likeness (QED) is 0.717. The van der Waals surface area contributed by atoms with Gasteiger partial charge in [-0.15, -0.1) is 0 Å². The van der Waals surface area contributed by atoms with Crippen molar-refractivity contribution < 1.29 is 13.9 Å². The minimum atomic E-state index is -0.273. The number of ether oxygens (including phenoxy) is 1. The first-order valence-corrected chi connectivity index (χ1v) is 7.91. The number of carbonyl (C=O) groups is 1. The predicted octanol–water partition coefficient (Wildman–Crippen LogP) is 4.67. The number of para-hydroxylation sites is 1. The summed E-state index contributed by atoms with van der Waals surface area (Å²) in [5.74, 6) is 1.35. The number of benzene rings is 2. The van der Waals surface area contributed by atoms with Gasteiger partial charge in [-0.25, -0.2) is 0 Å². The van der Waals surface area contributed by atoms with Gasteiger partial charge < -0.3 is 14.5 Å². The van der Waals surface area contributed by atoms with Gasteiger partial charge in [0.15, 0.2) is 5.76 Å². The average Bonchev–Trinajstić information content (AvgIpc) is 3.11. The topological polar surface area (TPSA) is 51.5 Å². The third-order valence-corrected chi connectivity index (χ3v) is 3.63. The lowest BCUT2D eigenvalue weighted by atomic mass is 10.1. The Morgan fingerprint density at radius 3 is 2.46 bits per heavy atom. The van der Waals surface area contributed by atoms with Crippen molar-refractivity contribution in [3.63, 3.8) is 0 Å². The van der Waals surface area contributed by atoms with E-state index in [1.54, 1.807) is 12.1 Å². The molecule has 3 rings (SSSR count). The molecule has 3 aromatic rings. The molecule has 24 heavy (non-hydrogen) atoms. The summed E-state index contributed by atoms with van der Waals surface area (Å²) in [6, 6.07) is 20.6. The Morgan fingerprint density at radius 1 is 1.00 bits per heavy atom. The van der Waals surface area contributed by atoms with Crippen LogP contribution in [0.5, 0.6) is 5.75 Å². The SMILES string of the molecule is CCc1ccc(NC(=O)c2ccc(COc3ccccc3)o2)cc1. The standard InChI is InChI=1S/C20H19NO3/c1-2-15-8-10-16(11-9-15)21-20(22)19-13-12-18(24-19)14-23-17-6-4-3-5-7-17/h3-13H,2,14H2,1H3,(H,21,22). The Kier molecular flexibility index (Phi) is 4.96. The van der Waals surface area contributed by atoms with E-state index in [2.05, 4.69) is 12.2 Å². The molecule has 1 aromatic heterocycles. The van der Waals surface area contributed by atoms with E-state index in [-0.39, 0.29) is 18.3 Å². The van der Waals surface area contributed by atoms with E-state index in [4.69, 9.17) is 9.15 Å². The summed E-state index contributed by atoms with van der Waals surface area (Å²) in [5.41, 5.74) is 1.97. The Balaban J connectivity index is 1.58. The van der Waals surface area contributed by atoms with E-state index in [0.29, 0.717) is 5.76 Å². The minimum absolute atomic E-state index is 0.265. The summed E-state index contributed by atoms with van der Waals surface area (Å²) in [6.45, 7) is 2.37. The maximum atomic E-state index is 12.2. The van der Waals surface area contributed by atoms with Crippen molar-refractivity contribution >= 4 is 11.6 Å². The van der Waals surface area contributed by atoms with Crippen molar-refractivity contribution in [2.75, 3.05) is 5.32 Å². The van der Waals surface area contributed by atoms with Gasteiger partial charge in [-0.05, 0) is 48.4 Å². The molecule has 0 aliphatic rings. The monoisotopic (exact) mass is 321 g/mol. The maximum Gasteiger partial charge on any atom is 0.291 e. The first kappa shape index (κ1) is 15.9. The van der Waals surface area contributed by atoms with E-state index in [1.165, 1.54) is 5.56 Å². The van der Waals surface area contributed by atoms with Crippen LogP contribution in [0.2, 0.25) is 0 Å². The van der Waals surface area contributed by atoms with E-state index in [0.717, 1.165) is 17.9 Å². The van der Waals surface area contributed by atoms with Gasteiger partial charge >= 0.3 is 0 Å². The average molecular weight is 321 g/mol. The van der Waals surface area contributed by atoms with Crippen molar-refractivity contribution in [2.24, 2.45) is 0 Å². The van der Waals surface area contributed by atoms with Gasteiger partial charge in [-0.2, -0.15) is 0 Å².